The Morgan fingerprint density at radius 3 is 2.46 bits per heavy atom. The molecule has 1 aliphatic rings. The Balaban J connectivity index is 1.45. The molecule has 1 aliphatic heterocycles. The van der Waals surface area contributed by atoms with Crippen LogP contribution in [0.2, 0.25) is 0 Å². The first-order valence-electron chi connectivity index (χ1n) is 8.67. The van der Waals surface area contributed by atoms with Crippen molar-refractivity contribution in [3.63, 3.8) is 0 Å². The van der Waals surface area contributed by atoms with Crippen LogP contribution in [0.25, 0.3) is 0 Å². The van der Waals surface area contributed by atoms with E-state index in [9.17, 15) is 4.79 Å². The standard InChI is InChI=1S/C20H25N3O/c1-16-6-2-3-7-19(16)21-13-12-20(24)22-17-8-10-18(11-9-17)23-14-4-5-15-23/h2-3,6-11,21H,4-5,12-15H2,1H3,(H,22,24). The van der Waals surface area contributed by atoms with Crippen molar-refractivity contribution < 1.29 is 4.79 Å². The minimum absolute atomic E-state index is 0.0324. The predicted molar refractivity (Wildman–Crippen MR) is 101 cm³/mol. The van der Waals surface area contributed by atoms with Crippen molar-refractivity contribution in [2.45, 2.75) is 26.2 Å². The van der Waals surface area contributed by atoms with E-state index in [1.54, 1.807) is 0 Å². The molecular formula is C20H25N3O. The first-order valence-corrected chi connectivity index (χ1v) is 8.67. The quantitative estimate of drug-likeness (QED) is 0.843. The third kappa shape index (κ3) is 4.28. The number of carbonyl (C=O) groups is 1. The highest BCUT2D eigenvalue weighted by Gasteiger charge is 2.12. The van der Waals surface area contributed by atoms with Gasteiger partial charge in [-0.05, 0) is 55.7 Å². The SMILES string of the molecule is Cc1ccccc1NCCC(=O)Nc1ccc(N2CCCC2)cc1. The number of hydrogen-bond acceptors (Lipinski definition) is 3. The Morgan fingerprint density at radius 2 is 1.75 bits per heavy atom. The number of rotatable bonds is 6. The predicted octanol–water partition coefficient (Wildman–Crippen LogP) is 4.04. The molecule has 126 valence electrons. The number of aryl methyl sites for hydroxylation is 1. The second-order valence-electron chi connectivity index (χ2n) is 6.28. The smallest absolute Gasteiger partial charge is 0.226 e. The van der Waals surface area contributed by atoms with Crippen molar-refractivity contribution in [2.24, 2.45) is 0 Å². The fourth-order valence-corrected chi connectivity index (χ4v) is 3.04. The summed E-state index contributed by atoms with van der Waals surface area (Å²) < 4.78 is 0. The second kappa shape index (κ2) is 7.86. The molecule has 1 fully saturated rings. The molecule has 1 amide bonds. The third-order valence-corrected chi connectivity index (χ3v) is 4.43. The number of nitrogens with one attached hydrogen (secondary N) is 2. The minimum atomic E-state index is 0.0324. The van der Waals surface area contributed by atoms with E-state index in [1.165, 1.54) is 24.1 Å². The summed E-state index contributed by atoms with van der Waals surface area (Å²) in [4.78, 5) is 14.5. The van der Waals surface area contributed by atoms with Crippen LogP contribution in [0.3, 0.4) is 0 Å². The monoisotopic (exact) mass is 323 g/mol. The number of benzene rings is 2. The normalized spacial score (nSPS) is 13.8. The van der Waals surface area contributed by atoms with E-state index < -0.39 is 0 Å². The van der Waals surface area contributed by atoms with Crippen molar-refractivity contribution >= 4 is 23.0 Å². The van der Waals surface area contributed by atoms with Crippen LogP contribution < -0.4 is 15.5 Å². The summed E-state index contributed by atoms with van der Waals surface area (Å²) in [5.41, 5.74) is 4.38. The van der Waals surface area contributed by atoms with Crippen LogP contribution in [0.1, 0.15) is 24.8 Å². The van der Waals surface area contributed by atoms with Crippen molar-refractivity contribution in [1.29, 1.82) is 0 Å². The second-order valence-corrected chi connectivity index (χ2v) is 6.28. The molecule has 2 N–H and O–H groups in total. The Kier molecular flexibility index (Phi) is 5.36. The number of nitrogens with zero attached hydrogens (tertiary/aromatic N) is 1. The Bertz CT molecular complexity index is 676. The van der Waals surface area contributed by atoms with Crippen LogP contribution in [0.4, 0.5) is 17.1 Å². The van der Waals surface area contributed by atoms with Gasteiger partial charge in [-0.1, -0.05) is 18.2 Å². The van der Waals surface area contributed by atoms with Crippen LogP contribution >= 0.6 is 0 Å². The number of hydrogen-bond donors (Lipinski definition) is 2. The highest BCUT2D eigenvalue weighted by atomic mass is 16.1. The topological polar surface area (TPSA) is 44.4 Å². The lowest BCUT2D eigenvalue weighted by molar-refractivity contribution is -0.115. The molecule has 1 saturated heterocycles. The molecule has 1 heterocycles. The summed E-state index contributed by atoms with van der Waals surface area (Å²) >= 11 is 0. The van der Waals surface area contributed by atoms with E-state index in [1.807, 2.05) is 30.3 Å². The summed E-state index contributed by atoms with van der Waals surface area (Å²) in [5.74, 6) is 0.0324. The number of amides is 1. The van der Waals surface area contributed by atoms with Gasteiger partial charge in [0.1, 0.15) is 0 Å². The van der Waals surface area contributed by atoms with Crippen LogP contribution in [-0.2, 0) is 4.79 Å². The fraction of sp³-hybridized carbons (Fsp3) is 0.350. The number of carbonyl (C=O) groups excluding carboxylic acids is 1. The summed E-state index contributed by atoms with van der Waals surface area (Å²) in [7, 11) is 0. The van der Waals surface area contributed by atoms with Gasteiger partial charge in [0.25, 0.3) is 0 Å². The van der Waals surface area contributed by atoms with E-state index in [4.69, 9.17) is 0 Å². The van der Waals surface area contributed by atoms with Crippen LogP contribution in [-0.4, -0.2) is 25.5 Å². The molecule has 2 aromatic carbocycles. The average molecular weight is 323 g/mol. The largest absolute Gasteiger partial charge is 0.384 e. The van der Waals surface area contributed by atoms with Gasteiger partial charge in [0, 0.05) is 43.1 Å². The van der Waals surface area contributed by atoms with Crippen molar-refractivity contribution in [2.75, 3.05) is 35.2 Å². The molecule has 0 aromatic heterocycles. The maximum atomic E-state index is 12.1. The van der Waals surface area contributed by atoms with Gasteiger partial charge >= 0.3 is 0 Å². The van der Waals surface area contributed by atoms with Gasteiger partial charge in [0.05, 0.1) is 0 Å². The molecular weight excluding hydrogens is 298 g/mol. The van der Waals surface area contributed by atoms with E-state index in [0.29, 0.717) is 13.0 Å². The van der Waals surface area contributed by atoms with Crippen molar-refractivity contribution in [3.8, 4) is 0 Å². The van der Waals surface area contributed by atoms with Crippen LogP contribution in [0.5, 0.6) is 0 Å². The lowest BCUT2D eigenvalue weighted by Crippen LogP contribution is -2.18. The zero-order valence-electron chi connectivity index (χ0n) is 14.2. The molecule has 0 atom stereocenters. The summed E-state index contributed by atoms with van der Waals surface area (Å²) in [6.07, 6.45) is 2.99. The first-order chi connectivity index (χ1) is 11.7. The minimum Gasteiger partial charge on any atom is -0.384 e. The van der Waals surface area contributed by atoms with Gasteiger partial charge in [0.15, 0.2) is 0 Å². The molecule has 0 saturated carbocycles. The lowest BCUT2D eigenvalue weighted by Gasteiger charge is -2.17. The molecule has 4 heteroatoms. The van der Waals surface area contributed by atoms with E-state index >= 15 is 0 Å². The Labute approximate surface area is 143 Å². The van der Waals surface area contributed by atoms with Gasteiger partial charge in [0.2, 0.25) is 5.91 Å². The van der Waals surface area contributed by atoms with E-state index in [-0.39, 0.29) is 5.91 Å². The third-order valence-electron chi connectivity index (χ3n) is 4.43. The van der Waals surface area contributed by atoms with Gasteiger partial charge in [-0.15, -0.1) is 0 Å². The van der Waals surface area contributed by atoms with E-state index in [2.05, 4.69) is 40.7 Å². The molecule has 3 rings (SSSR count). The highest BCUT2D eigenvalue weighted by Crippen LogP contribution is 2.22. The molecule has 0 unspecified atom stereocenters. The lowest BCUT2D eigenvalue weighted by atomic mass is 10.2. The van der Waals surface area contributed by atoms with Crippen molar-refractivity contribution in [3.05, 3.63) is 54.1 Å². The zero-order valence-corrected chi connectivity index (χ0v) is 14.2. The molecule has 0 aliphatic carbocycles. The molecule has 24 heavy (non-hydrogen) atoms. The average Bonchev–Trinajstić information content (AvgIpc) is 3.12. The fourth-order valence-electron chi connectivity index (χ4n) is 3.04. The van der Waals surface area contributed by atoms with E-state index in [0.717, 1.165) is 24.5 Å². The van der Waals surface area contributed by atoms with Gasteiger partial charge in [-0.3, -0.25) is 4.79 Å². The summed E-state index contributed by atoms with van der Waals surface area (Å²) in [6, 6.07) is 16.3. The Morgan fingerprint density at radius 1 is 1.04 bits per heavy atom. The zero-order chi connectivity index (χ0) is 16.8. The maximum absolute atomic E-state index is 12.1. The molecule has 0 bridgehead atoms. The molecule has 0 spiro atoms. The number of anilines is 3. The Hall–Kier alpha value is -2.49. The summed E-state index contributed by atoms with van der Waals surface area (Å²) in [6.45, 7) is 4.96. The van der Waals surface area contributed by atoms with Crippen LogP contribution in [0, 0.1) is 6.92 Å². The van der Waals surface area contributed by atoms with Crippen LogP contribution in [0.15, 0.2) is 48.5 Å². The van der Waals surface area contributed by atoms with Gasteiger partial charge in [-0.2, -0.15) is 0 Å². The first kappa shape index (κ1) is 16.4. The maximum Gasteiger partial charge on any atom is 0.226 e. The highest BCUT2D eigenvalue weighted by molar-refractivity contribution is 5.91. The molecule has 4 nitrogen and oxygen atoms in total. The molecule has 2 aromatic rings. The number of para-hydroxylation sites is 1. The molecule has 0 radical (unpaired) electrons. The van der Waals surface area contributed by atoms with Crippen molar-refractivity contribution in [1.82, 2.24) is 0 Å². The van der Waals surface area contributed by atoms with Gasteiger partial charge < -0.3 is 15.5 Å². The summed E-state index contributed by atoms with van der Waals surface area (Å²) in [5, 5.41) is 6.27. The van der Waals surface area contributed by atoms with Gasteiger partial charge in [-0.25, -0.2) is 0 Å².